The number of ether oxygens (including phenoxy) is 1. The minimum Gasteiger partial charge on any atom is -0.376 e. The van der Waals surface area contributed by atoms with Crippen LogP contribution in [0.2, 0.25) is 0 Å². The molecule has 4 atom stereocenters. The number of amides is 1. The molecular weight excluding hydrogens is 232 g/mol. The van der Waals surface area contributed by atoms with Crippen LogP contribution in [0.4, 0.5) is 5.82 Å². The Morgan fingerprint density at radius 1 is 1.56 bits per heavy atom. The second-order valence-electron chi connectivity index (χ2n) is 4.83. The molecule has 0 bridgehead atoms. The molecule has 2 aliphatic rings. The summed E-state index contributed by atoms with van der Waals surface area (Å²) < 4.78 is 5.62. The second-order valence-corrected chi connectivity index (χ2v) is 4.83. The minimum atomic E-state index is -0.464. The Labute approximate surface area is 105 Å². The topological polar surface area (TPSA) is 103 Å². The molecule has 1 saturated carbocycles. The molecule has 6 heteroatoms. The van der Waals surface area contributed by atoms with Crippen molar-refractivity contribution in [2.24, 2.45) is 17.4 Å². The van der Waals surface area contributed by atoms with Crippen molar-refractivity contribution in [3.8, 4) is 0 Å². The molecule has 1 saturated heterocycles. The molecule has 0 aromatic carbocycles. The van der Waals surface area contributed by atoms with Crippen LogP contribution in [-0.2, 0) is 4.74 Å². The van der Waals surface area contributed by atoms with Crippen molar-refractivity contribution >= 4 is 11.7 Å². The molecule has 1 aliphatic heterocycles. The quantitative estimate of drug-likeness (QED) is 0.682. The zero-order valence-corrected chi connectivity index (χ0v) is 9.87. The van der Waals surface area contributed by atoms with Crippen molar-refractivity contribution in [1.82, 2.24) is 4.98 Å². The predicted octanol–water partition coefficient (Wildman–Crippen LogP) is -0.293. The summed E-state index contributed by atoms with van der Waals surface area (Å²) in [7, 11) is 0. The van der Waals surface area contributed by atoms with E-state index in [1.165, 1.54) is 0 Å². The van der Waals surface area contributed by atoms with Gasteiger partial charge in [-0.25, -0.2) is 4.98 Å². The van der Waals surface area contributed by atoms with Gasteiger partial charge in [0, 0.05) is 30.3 Å². The summed E-state index contributed by atoms with van der Waals surface area (Å²) in [4.78, 5) is 15.2. The number of hydrogen-bond donors (Lipinski definition) is 3. The summed E-state index contributed by atoms with van der Waals surface area (Å²) in [6, 6.07) is 3.37. The Morgan fingerprint density at radius 3 is 3.17 bits per heavy atom. The summed E-state index contributed by atoms with van der Waals surface area (Å²) >= 11 is 0. The highest BCUT2D eigenvalue weighted by molar-refractivity contribution is 5.93. The number of nitrogens with one attached hydrogen (secondary N) is 1. The average molecular weight is 248 g/mol. The number of primary amides is 1. The highest BCUT2D eigenvalue weighted by Crippen LogP contribution is 2.39. The summed E-state index contributed by atoms with van der Waals surface area (Å²) in [5.74, 6) is 0.593. The molecule has 0 radical (unpaired) electrons. The van der Waals surface area contributed by atoms with Crippen LogP contribution < -0.4 is 16.8 Å². The molecule has 4 unspecified atom stereocenters. The summed E-state index contributed by atoms with van der Waals surface area (Å²) in [5, 5.41) is 3.23. The van der Waals surface area contributed by atoms with Crippen LogP contribution >= 0.6 is 0 Å². The van der Waals surface area contributed by atoms with Crippen molar-refractivity contribution in [2.45, 2.75) is 24.6 Å². The number of fused-ring (bicyclic) bond motifs is 1. The Hall–Kier alpha value is -1.66. The summed E-state index contributed by atoms with van der Waals surface area (Å²) in [5.41, 5.74) is 11.8. The van der Waals surface area contributed by atoms with Crippen LogP contribution in [0.15, 0.2) is 18.3 Å². The molecule has 1 aliphatic carbocycles. The molecule has 1 aromatic rings. The SMILES string of the molecule is NC(=O)c1ccnc(NC2C(N)C3CCOC32)c1. The van der Waals surface area contributed by atoms with Gasteiger partial charge < -0.3 is 21.5 Å². The second kappa shape index (κ2) is 4.22. The molecule has 96 valence electrons. The van der Waals surface area contributed by atoms with Crippen molar-refractivity contribution in [3.05, 3.63) is 23.9 Å². The van der Waals surface area contributed by atoms with E-state index in [1.807, 2.05) is 0 Å². The number of nitrogens with zero attached hydrogens (tertiary/aromatic N) is 1. The Bertz CT molecular complexity index is 479. The van der Waals surface area contributed by atoms with Gasteiger partial charge in [0.25, 0.3) is 0 Å². The van der Waals surface area contributed by atoms with E-state index in [0.717, 1.165) is 13.0 Å². The molecule has 0 spiro atoms. The van der Waals surface area contributed by atoms with Crippen molar-refractivity contribution in [2.75, 3.05) is 11.9 Å². The third-order valence-corrected chi connectivity index (χ3v) is 3.81. The summed E-state index contributed by atoms with van der Waals surface area (Å²) in [6.07, 6.45) is 2.75. The highest BCUT2D eigenvalue weighted by Gasteiger charge is 2.52. The van der Waals surface area contributed by atoms with Crippen molar-refractivity contribution < 1.29 is 9.53 Å². The van der Waals surface area contributed by atoms with Gasteiger partial charge in [0.15, 0.2) is 0 Å². The minimum absolute atomic E-state index is 0.0631. The monoisotopic (exact) mass is 248 g/mol. The fraction of sp³-hybridized carbons (Fsp3) is 0.500. The zero-order valence-electron chi connectivity index (χ0n) is 9.87. The molecule has 6 nitrogen and oxygen atoms in total. The van der Waals surface area contributed by atoms with Crippen LogP contribution in [0.3, 0.4) is 0 Å². The Morgan fingerprint density at radius 2 is 2.39 bits per heavy atom. The number of aromatic nitrogens is 1. The molecule has 18 heavy (non-hydrogen) atoms. The van der Waals surface area contributed by atoms with Crippen LogP contribution in [0.25, 0.3) is 0 Å². The molecular formula is C12H16N4O2. The van der Waals surface area contributed by atoms with E-state index in [4.69, 9.17) is 16.2 Å². The van der Waals surface area contributed by atoms with Gasteiger partial charge in [-0.1, -0.05) is 0 Å². The van der Waals surface area contributed by atoms with E-state index in [0.29, 0.717) is 17.3 Å². The van der Waals surface area contributed by atoms with E-state index in [-0.39, 0.29) is 18.2 Å². The molecule has 1 aromatic heterocycles. The number of pyridine rings is 1. The molecule has 2 fully saturated rings. The first-order valence-corrected chi connectivity index (χ1v) is 6.06. The van der Waals surface area contributed by atoms with E-state index < -0.39 is 5.91 Å². The first-order valence-electron chi connectivity index (χ1n) is 6.06. The van der Waals surface area contributed by atoms with Gasteiger partial charge in [-0.3, -0.25) is 4.79 Å². The van der Waals surface area contributed by atoms with Gasteiger partial charge in [-0.15, -0.1) is 0 Å². The van der Waals surface area contributed by atoms with Crippen molar-refractivity contribution in [1.29, 1.82) is 0 Å². The van der Waals surface area contributed by atoms with E-state index >= 15 is 0 Å². The number of hydrogen-bond acceptors (Lipinski definition) is 5. The van der Waals surface area contributed by atoms with Crippen LogP contribution in [-0.4, -0.2) is 35.7 Å². The number of carbonyl (C=O) groups is 1. The normalized spacial score (nSPS) is 33.6. The molecule has 3 rings (SSSR count). The number of rotatable bonds is 3. The van der Waals surface area contributed by atoms with Gasteiger partial charge in [-0.05, 0) is 18.6 Å². The lowest BCUT2D eigenvalue weighted by Gasteiger charge is -2.45. The van der Waals surface area contributed by atoms with Crippen molar-refractivity contribution in [3.63, 3.8) is 0 Å². The van der Waals surface area contributed by atoms with Crippen LogP contribution in [0.5, 0.6) is 0 Å². The average Bonchev–Trinajstić information content (AvgIpc) is 2.81. The van der Waals surface area contributed by atoms with Gasteiger partial charge in [-0.2, -0.15) is 0 Å². The lowest BCUT2D eigenvalue weighted by molar-refractivity contribution is 0.00524. The maximum atomic E-state index is 11.1. The van der Waals surface area contributed by atoms with E-state index in [9.17, 15) is 4.79 Å². The lowest BCUT2D eigenvalue weighted by atomic mass is 9.72. The standard InChI is InChI=1S/C12H16N4O2/c13-9-7-2-4-18-11(7)10(9)16-8-5-6(12(14)17)1-3-15-8/h1,3,5,7,9-11H,2,4,13H2,(H2,14,17)(H,15,16). The number of nitrogens with two attached hydrogens (primary N) is 2. The highest BCUT2D eigenvalue weighted by atomic mass is 16.5. The Kier molecular flexibility index (Phi) is 2.68. The fourth-order valence-corrected chi connectivity index (χ4v) is 2.76. The first kappa shape index (κ1) is 11.4. The maximum absolute atomic E-state index is 11.1. The van der Waals surface area contributed by atoms with Gasteiger partial charge in [0.2, 0.25) is 5.91 Å². The van der Waals surface area contributed by atoms with Crippen LogP contribution in [0, 0.1) is 5.92 Å². The van der Waals surface area contributed by atoms with E-state index in [2.05, 4.69) is 10.3 Å². The molecule has 2 heterocycles. The molecule has 1 amide bonds. The lowest BCUT2D eigenvalue weighted by Crippen LogP contribution is -2.65. The summed E-state index contributed by atoms with van der Waals surface area (Å²) in [6.45, 7) is 0.774. The predicted molar refractivity (Wildman–Crippen MR) is 66.0 cm³/mol. The van der Waals surface area contributed by atoms with Gasteiger partial charge in [0.05, 0.1) is 12.1 Å². The van der Waals surface area contributed by atoms with Crippen LogP contribution in [0.1, 0.15) is 16.8 Å². The molecule has 5 N–H and O–H groups in total. The third-order valence-electron chi connectivity index (χ3n) is 3.81. The van der Waals surface area contributed by atoms with E-state index in [1.54, 1.807) is 18.3 Å². The Balaban J connectivity index is 1.73. The van der Waals surface area contributed by atoms with Gasteiger partial charge >= 0.3 is 0 Å². The zero-order chi connectivity index (χ0) is 12.7. The third kappa shape index (κ3) is 1.74. The fourth-order valence-electron chi connectivity index (χ4n) is 2.76. The largest absolute Gasteiger partial charge is 0.376 e. The first-order chi connectivity index (χ1) is 8.66. The maximum Gasteiger partial charge on any atom is 0.248 e. The number of anilines is 1. The van der Waals surface area contributed by atoms with Gasteiger partial charge in [0.1, 0.15) is 5.82 Å². The smallest absolute Gasteiger partial charge is 0.248 e. The number of carbonyl (C=O) groups excluding carboxylic acids is 1.